The lowest BCUT2D eigenvalue weighted by Crippen LogP contribution is -2.30. The van der Waals surface area contributed by atoms with Crippen molar-refractivity contribution in [1.29, 1.82) is 0 Å². The third-order valence-corrected chi connectivity index (χ3v) is 14.0. The van der Waals surface area contributed by atoms with Crippen molar-refractivity contribution in [2.45, 2.75) is 354 Å². The molecule has 0 bridgehead atoms. The molecular formula is C62H118O6. The Morgan fingerprint density at radius 1 is 0.279 bits per heavy atom. The Labute approximate surface area is 424 Å². The van der Waals surface area contributed by atoms with E-state index in [2.05, 4.69) is 32.9 Å². The first-order valence-corrected chi connectivity index (χ1v) is 30.7. The van der Waals surface area contributed by atoms with E-state index in [1.807, 2.05) is 0 Å². The lowest BCUT2D eigenvalue weighted by Gasteiger charge is -2.18. The topological polar surface area (TPSA) is 78.9 Å². The van der Waals surface area contributed by atoms with E-state index in [1.54, 1.807) is 0 Å². The lowest BCUT2D eigenvalue weighted by atomic mass is 10.0. The van der Waals surface area contributed by atoms with Gasteiger partial charge in [-0.3, -0.25) is 14.4 Å². The zero-order valence-corrected chi connectivity index (χ0v) is 46.2. The molecule has 6 nitrogen and oxygen atoms in total. The molecule has 0 radical (unpaired) electrons. The molecule has 0 aliphatic carbocycles. The average Bonchev–Trinajstić information content (AvgIpc) is 3.34. The second-order valence-corrected chi connectivity index (χ2v) is 21.0. The molecule has 0 aliphatic heterocycles. The van der Waals surface area contributed by atoms with Gasteiger partial charge >= 0.3 is 17.9 Å². The number of esters is 3. The summed E-state index contributed by atoms with van der Waals surface area (Å²) in [5, 5.41) is 0. The van der Waals surface area contributed by atoms with Gasteiger partial charge in [0, 0.05) is 19.3 Å². The van der Waals surface area contributed by atoms with Crippen molar-refractivity contribution < 1.29 is 28.6 Å². The standard InChI is InChI=1S/C62H118O6/c1-4-7-10-13-16-19-22-25-27-29-31-33-35-37-40-43-46-49-52-55-61(64)67-58-59(57-66-60(63)54-51-48-45-42-39-24-21-18-15-12-9-6-3)68-62(65)56-53-50-47-44-41-38-36-34-32-30-28-26-23-20-17-14-11-8-5-2/h25,27,59H,4-24,26,28-58H2,1-3H3/b27-25-. The van der Waals surface area contributed by atoms with Crippen molar-refractivity contribution in [1.82, 2.24) is 0 Å². The molecule has 1 atom stereocenters. The minimum absolute atomic E-state index is 0.0642. The molecule has 6 heteroatoms. The SMILES string of the molecule is CCCCCCCC/C=C\CCCCCCCCCCCC(=O)OCC(COC(=O)CCCCCCCCCCCCCC)OC(=O)CCCCCCCCCCCCCCCCCCCCC. The van der Waals surface area contributed by atoms with Crippen LogP contribution < -0.4 is 0 Å². The molecule has 0 saturated carbocycles. The molecular weight excluding hydrogens is 841 g/mol. The van der Waals surface area contributed by atoms with Crippen LogP contribution in [0.15, 0.2) is 12.2 Å². The molecule has 1 unspecified atom stereocenters. The monoisotopic (exact) mass is 959 g/mol. The summed E-state index contributed by atoms with van der Waals surface area (Å²) in [5.41, 5.74) is 0. The molecule has 402 valence electrons. The van der Waals surface area contributed by atoms with Gasteiger partial charge in [0.1, 0.15) is 13.2 Å². The molecule has 0 aromatic carbocycles. The first-order valence-electron chi connectivity index (χ1n) is 30.7. The first-order chi connectivity index (χ1) is 33.5. The molecule has 0 heterocycles. The van der Waals surface area contributed by atoms with Crippen LogP contribution in [-0.4, -0.2) is 37.2 Å². The van der Waals surface area contributed by atoms with Crippen LogP contribution in [0.25, 0.3) is 0 Å². The highest BCUT2D eigenvalue weighted by Crippen LogP contribution is 2.18. The van der Waals surface area contributed by atoms with E-state index in [0.29, 0.717) is 19.3 Å². The zero-order chi connectivity index (χ0) is 49.3. The molecule has 0 amide bonds. The lowest BCUT2D eigenvalue weighted by molar-refractivity contribution is -0.167. The van der Waals surface area contributed by atoms with Crippen molar-refractivity contribution in [3.8, 4) is 0 Å². The smallest absolute Gasteiger partial charge is 0.306 e. The normalized spacial score (nSPS) is 12.0. The number of hydrogen-bond donors (Lipinski definition) is 0. The summed E-state index contributed by atoms with van der Waals surface area (Å²) in [4.78, 5) is 38.2. The Hall–Kier alpha value is -1.85. The summed E-state index contributed by atoms with van der Waals surface area (Å²) in [7, 11) is 0. The Morgan fingerprint density at radius 2 is 0.485 bits per heavy atom. The maximum atomic E-state index is 12.9. The third-order valence-electron chi connectivity index (χ3n) is 14.0. The number of allylic oxidation sites excluding steroid dienone is 2. The molecule has 68 heavy (non-hydrogen) atoms. The van der Waals surface area contributed by atoms with Crippen LogP contribution in [0.1, 0.15) is 348 Å². The maximum absolute atomic E-state index is 12.9. The predicted octanol–water partition coefficient (Wildman–Crippen LogP) is 20.5. The summed E-state index contributed by atoms with van der Waals surface area (Å²) in [6.45, 7) is 6.70. The largest absolute Gasteiger partial charge is 0.462 e. The highest BCUT2D eigenvalue weighted by atomic mass is 16.6. The van der Waals surface area contributed by atoms with Gasteiger partial charge in [-0.25, -0.2) is 0 Å². The van der Waals surface area contributed by atoms with Crippen LogP contribution in [-0.2, 0) is 28.6 Å². The van der Waals surface area contributed by atoms with E-state index in [-0.39, 0.29) is 31.1 Å². The maximum Gasteiger partial charge on any atom is 0.306 e. The Bertz CT molecular complexity index is 1060. The molecule has 0 saturated heterocycles. The predicted molar refractivity (Wildman–Crippen MR) is 293 cm³/mol. The fraction of sp³-hybridized carbons (Fsp3) is 0.919. The molecule has 0 fully saturated rings. The first kappa shape index (κ1) is 66.2. The minimum Gasteiger partial charge on any atom is -0.462 e. The second kappa shape index (κ2) is 57.7. The number of unbranched alkanes of at least 4 members (excludes halogenated alkanes) is 44. The summed E-state index contributed by atoms with van der Waals surface area (Å²) >= 11 is 0. The number of carbonyl (C=O) groups excluding carboxylic acids is 3. The van der Waals surface area contributed by atoms with Gasteiger partial charge in [-0.2, -0.15) is 0 Å². The van der Waals surface area contributed by atoms with E-state index in [0.717, 1.165) is 57.8 Å². The summed E-state index contributed by atoms with van der Waals surface area (Å²) in [6, 6.07) is 0. The molecule has 0 spiro atoms. The fourth-order valence-corrected chi connectivity index (χ4v) is 9.38. The highest BCUT2D eigenvalue weighted by molar-refractivity contribution is 5.71. The van der Waals surface area contributed by atoms with Crippen LogP contribution in [0, 0.1) is 0 Å². The quantitative estimate of drug-likeness (QED) is 0.0262. The highest BCUT2D eigenvalue weighted by Gasteiger charge is 2.19. The van der Waals surface area contributed by atoms with Gasteiger partial charge in [0.05, 0.1) is 0 Å². The van der Waals surface area contributed by atoms with E-state index >= 15 is 0 Å². The Balaban J connectivity index is 4.27. The second-order valence-electron chi connectivity index (χ2n) is 21.0. The van der Waals surface area contributed by atoms with Gasteiger partial charge in [-0.05, 0) is 44.9 Å². The van der Waals surface area contributed by atoms with Crippen LogP contribution in [0.2, 0.25) is 0 Å². The van der Waals surface area contributed by atoms with Gasteiger partial charge in [-0.1, -0.05) is 296 Å². The summed E-state index contributed by atoms with van der Waals surface area (Å²) in [5.74, 6) is -0.839. The van der Waals surface area contributed by atoms with Crippen molar-refractivity contribution >= 4 is 17.9 Å². The number of ether oxygens (including phenoxy) is 3. The Kier molecular flexibility index (Phi) is 56.2. The van der Waals surface area contributed by atoms with Gasteiger partial charge in [0.25, 0.3) is 0 Å². The van der Waals surface area contributed by atoms with Gasteiger partial charge in [0.15, 0.2) is 6.10 Å². The number of carbonyl (C=O) groups is 3. The summed E-state index contributed by atoms with van der Waals surface area (Å²) in [6.07, 6.45) is 66.4. The molecule has 0 N–H and O–H groups in total. The molecule has 0 aromatic heterocycles. The number of rotatable bonds is 57. The van der Waals surface area contributed by atoms with Crippen LogP contribution in [0.5, 0.6) is 0 Å². The summed E-state index contributed by atoms with van der Waals surface area (Å²) < 4.78 is 16.9. The third kappa shape index (κ3) is 55.1. The fourth-order valence-electron chi connectivity index (χ4n) is 9.38. The van der Waals surface area contributed by atoms with Gasteiger partial charge in [-0.15, -0.1) is 0 Å². The van der Waals surface area contributed by atoms with Crippen LogP contribution in [0.3, 0.4) is 0 Å². The van der Waals surface area contributed by atoms with Gasteiger partial charge in [0.2, 0.25) is 0 Å². The van der Waals surface area contributed by atoms with E-state index in [9.17, 15) is 14.4 Å². The van der Waals surface area contributed by atoms with E-state index < -0.39 is 6.10 Å². The van der Waals surface area contributed by atoms with E-state index in [4.69, 9.17) is 14.2 Å². The molecule has 0 rings (SSSR count). The van der Waals surface area contributed by atoms with Gasteiger partial charge < -0.3 is 14.2 Å². The van der Waals surface area contributed by atoms with Crippen LogP contribution in [0.4, 0.5) is 0 Å². The van der Waals surface area contributed by atoms with Crippen molar-refractivity contribution in [2.24, 2.45) is 0 Å². The Morgan fingerprint density at radius 3 is 0.735 bits per heavy atom. The van der Waals surface area contributed by atoms with Crippen molar-refractivity contribution in [2.75, 3.05) is 13.2 Å². The molecule has 0 aromatic rings. The van der Waals surface area contributed by atoms with E-state index in [1.165, 1.54) is 250 Å². The van der Waals surface area contributed by atoms with Crippen molar-refractivity contribution in [3.63, 3.8) is 0 Å². The zero-order valence-electron chi connectivity index (χ0n) is 46.2. The average molecular weight is 960 g/mol. The number of hydrogen-bond acceptors (Lipinski definition) is 6. The minimum atomic E-state index is -0.765. The molecule has 0 aliphatic rings. The van der Waals surface area contributed by atoms with Crippen molar-refractivity contribution in [3.05, 3.63) is 12.2 Å². The van der Waals surface area contributed by atoms with Crippen LogP contribution >= 0.6 is 0 Å².